The van der Waals surface area contributed by atoms with E-state index in [1.54, 1.807) is 30.3 Å². The average molecular weight is 416 g/mol. The third-order valence-electron chi connectivity index (χ3n) is 4.68. The molecule has 0 bridgehead atoms. The van der Waals surface area contributed by atoms with E-state index >= 15 is 0 Å². The fourth-order valence-electron chi connectivity index (χ4n) is 2.82. The lowest BCUT2D eigenvalue weighted by Gasteiger charge is -2.18. The smallest absolute Gasteiger partial charge is 0.248 e. The van der Waals surface area contributed by atoms with Gasteiger partial charge in [-0.25, -0.2) is 8.42 Å². The third-order valence-corrected chi connectivity index (χ3v) is 6.74. The maximum atomic E-state index is 12.5. The van der Waals surface area contributed by atoms with Crippen molar-refractivity contribution in [3.8, 4) is 0 Å². The zero-order chi connectivity index (χ0) is 21.4. The Morgan fingerprint density at radius 2 is 1.66 bits per heavy atom. The summed E-state index contributed by atoms with van der Waals surface area (Å²) in [6, 6.07) is 14.2. The first-order valence-electron chi connectivity index (χ1n) is 9.72. The monoisotopic (exact) mass is 415 g/mol. The Kier molecular flexibility index (Phi) is 7.99. The Morgan fingerprint density at radius 3 is 2.24 bits per heavy atom. The fourth-order valence-corrected chi connectivity index (χ4v) is 4.28. The van der Waals surface area contributed by atoms with Gasteiger partial charge < -0.3 is 10.2 Å². The second kappa shape index (κ2) is 10.2. The Bertz CT molecular complexity index is 950. The maximum Gasteiger partial charge on any atom is 0.248 e. The summed E-state index contributed by atoms with van der Waals surface area (Å²) in [6.07, 6.45) is 3.09. The summed E-state index contributed by atoms with van der Waals surface area (Å²) >= 11 is 0. The van der Waals surface area contributed by atoms with Crippen molar-refractivity contribution in [3.63, 3.8) is 0 Å². The van der Waals surface area contributed by atoms with Crippen molar-refractivity contribution in [3.05, 3.63) is 60.2 Å². The van der Waals surface area contributed by atoms with Crippen LogP contribution in [0.25, 0.3) is 6.08 Å². The second-order valence-electron chi connectivity index (χ2n) is 6.55. The van der Waals surface area contributed by atoms with Gasteiger partial charge in [-0.2, -0.15) is 4.31 Å². The molecule has 29 heavy (non-hydrogen) atoms. The van der Waals surface area contributed by atoms with Crippen LogP contribution in [0.1, 0.15) is 26.3 Å². The first kappa shape index (κ1) is 22.6. The molecule has 7 heteroatoms. The van der Waals surface area contributed by atoms with Gasteiger partial charge in [0.15, 0.2) is 0 Å². The first-order chi connectivity index (χ1) is 13.8. The molecule has 0 spiro atoms. The predicted octanol–water partition coefficient (Wildman–Crippen LogP) is 3.83. The van der Waals surface area contributed by atoms with E-state index in [1.165, 1.54) is 10.4 Å². The molecule has 1 amide bonds. The van der Waals surface area contributed by atoms with Crippen LogP contribution in [0.4, 0.5) is 11.4 Å². The molecule has 0 saturated carbocycles. The summed E-state index contributed by atoms with van der Waals surface area (Å²) in [6.45, 7) is 7.41. The highest BCUT2D eigenvalue weighted by atomic mass is 32.2. The summed E-state index contributed by atoms with van der Waals surface area (Å²) in [7, 11) is -1.49. The molecule has 2 aromatic carbocycles. The molecule has 0 aliphatic carbocycles. The van der Waals surface area contributed by atoms with Gasteiger partial charge >= 0.3 is 0 Å². The molecule has 2 aromatic rings. The molecule has 156 valence electrons. The Balaban J connectivity index is 2.06. The van der Waals surface area contributed by atoms with Crippen LogP contribution in [-0.2, 0) is 14.8 Å². The molecule has 1 N–H and O–H groups in total. The van der Waals surface area contributed by atoms with E-state index in [9.17, 15) is 13.2 Å². The molecule has 0 aliphatic heterocycles. The fraction of sp³-hybridized carbons (Fsp3) is 0.318. The number of sulfonamides is 1. The van der Waals surface area contributed by atoms with E-state index in [1.807, 2.05) is 45.2 Å². The number of hydrogen-bond donors (Lipinski definition) is 1. The number of carbonyl (C=O) groups is 1. The number of benzene rings is 2. The lowest BCUT2D eigenvalue weighted by Crippen LogP contribution is -2.30. The zero-order valence-electron chi connectivity index (χ0n) is 17.4. The summed E-state index contributed by atoms with van der Waals surface area (Å²) in [5, 5.41) is 2.84. The van der Waals surface area contributed by atoms with Crippen LogP contribution < -0.4 is 10.2 Å². The summed E-state index contributed by atoms with van der Waals surface area (Å²) in [5.74, 6) is -0.249. The molecule has 0 aromatic heterocycles. The van der Waals surface area contributed by atoms with Crippen LogP contribution in [0.2, 0.25) is 0 Å². The molecule has 0 radical (unpaired) electrons. The van der Waals surface area contributed by atoms with Gasteiger partial charge in [-0.15, -0.1) is 0 Å². The first-order valence-corrected chi connectivity index (χ1v) is 11.2. The van der Waals surface area contributed by atoms with Crippen molar-refractivity contribution >= 4 is 33.4 Å². The van der Waals surface area contributed by atoms with Gasteiger partial charge in [0, 0.05) is 44.1 Å². The van der Waals surface area contributed by atoms with Crippen molar-refractivity contribution in [1.82, 2.24) is 4.31 Å². The van der Waals surface area contributed by atoms with Gasteiger partial charge in [0.05, 0.1) is 4.90 Å². The van der Waals surface area contributed by atoms with Crippen LogP contribution in [0.5, 0.6) is 0 Å². The molecular formula is C22H29N3O3S. The Morgan fingerprint density at radius 1 is 1.00 bits per heavy atom. The molecule has 0 fully saturated rings. The molecule has 2 rings (SSSR count). The van der Waals surface area contributed by atoms with E-state index in [4.69, 9.17) is 0 Å². The van der Waals surface area contributed by atoms with Gasteiger partial charge in [-0.05, 0) is 48.9 Å². The molecule has 0 unspecified atom stereocenters. The molecule has 0 saturated heterocycles. The van der Waals surface area contributed by atoms with E-state index in [-0.39, 0.29) is 10.8 Å². The number of nitrogens with zero attached hydrogens (tertiary/aromatic N) is 2. The number of anilines is 2. The Hall–Kier alpha value is -2.64. The summed E-state index contributed by atoms with van der Waals surface area (Å²) < 4.78 is 26.4. The predicted molar refractivity (Wildman–Crippen MR) is 120 cm³/mol. The van der Waals surface area contributed by atoms with Crippen LogP contribution in [-0.4, -0.2) is 45.3 Å². The van der Waals surface area contributed by atoms with E-state index in [2.05, 4.69) is 17.1 Å². The largest absolute Gasteiger partial charge is 0.375 e. The molecule has 6 nitrogen and oxygen atoms in total. The highest BCUT2D eigenvalue weighted by molar-refractivity contribution is 7.89. The van der Waals surface area contributed by atoms with Crippen LogP contribution in [0, 0.1) is 0 Å². The van der Waals surface area contributed by atoms with E-state index in [0.717, 1.165) is 23.5 Å². The minimum absolute atomic E-state index is 0.249. The highest BCUT2D eigenvalue weighted by Crippen LogP contribution is 2.19. The van der Waals surface area contributed by atoms with Crippen LogP contribution in [0.15, 0.2) is 59.5 Å². The zero-order valence-corrected chi connectivity index (χ0v) is 18.2. The number of carbonyl (C=O) groups excluding carboxylic acids is 1. The number of rotatable bonds is 9. The minimum atomic E-state index is -3.48. The normalized spacial score (nSPS) is 11.8. The lowest BCUT2D eigenvalue weighted by atomic mass is 10.2. The number of nitrogens with one attached hydrogen (secondary N) is 1. The average Bonchev–Trinajstić information content (AvgIpc) is 2.73. The SMILES string of the molecule is CCN(C)c1cccc(NC(=O)/C=C/c2ccc(S(=O)(=O)N(CC)CC)cc2)c1. The standard InChI is InChI=1S/C22H29N3O3S/c1-5-24(4)20-10-8-9-19(17-20)23-22(26)16-13-18-11-14-21(15-12-18)29(27,28)25(6-2)7-3/h8-17H,5-7H2,1-4H3,(H,23,26)/b16-13+. The van der Waals surface area contributed by atoms with Gasteiger partial charge in [-0.3, -0.25) is 4.79 Å². The van der Waals surface area contributed by atoms with Gasteiger partial charge in [0.1, 0.15) is 0 Å². The van der Waals surface area contributed by atoms with Gasteiger partial charge in [0.2, 0.25) is 15.9 Å². The van der Waals surface area contributed by atoms with Crippen molar-refractivity contribution in [2.24, 2.45) is 0 Å². The van der Waals surface area contributed by atoms with Crippen molar-refractivity contribution in [2.45, 2.75) is 25.7 Å². The van der Waals surface area contributed by atoms with Crippen molar-refractivity contribution in [1.29, 1.82) is 0 Å². The highest BCUT2D eigenvalue weighted by Gasteiger charge is 2.20. The number of amides is 1. The summed E-state index contributed by atoms with van der Waals surface area (Å²) in [5.41, 5.74) is 2.50. The molecular weight excluding hydrogens is 386 g/mol. The van der Waals surface area contributed by atoms with Crippen molar-refractivity contribution < 1.29 is 13.2 Å². The van der Waals surface area contributed by atoms with Crippen LogP contribution >= 0.6 is 0 Å². The van der Waals surface area contributed by atoms with Crippen LogP contribution in [0.3, 0.4) is 0 Å². The van der Waals surface area contributed by atoms with Gasteiger partial charge in [0.25, 0.3) is 0 Å². The van der Waals surface area contributed by atoms with E-state index < -0.39 is 10.0 Å². The lowest BCUT2D eigenvalue weighted by molar-refractivity contribution is -0.111. The number of hydrogen-bond acceptors (Lipinski definition) is 4. The molecule has 0 atom stereocenters. The second-order valence-corrected chi connectivity index (χ2v) is 8.48. The quantitative estimate of drug-likeness (QED) is 0.632. The van der Waals surface area contributed by atoms with Gasteiger partial charge in [-0.1, -0.05) is 32.0 Å². The summed E-state index contributed by atoms with van der Waals surface area (Å²) in [4.78, 5) is 14.5. The minimum Gasteiger partial charge on any atom is -0.375 e. The topological polar surface area (TPSA) is 69.7 Å². The third kappa shape index (κ3) is 5.92. The molecule has 0 aliphatic rings. The molecule has 0 heterocycles. The Labute approximate surface area is 173 Å². The van der Waals surface area contributed by atoms with E-state index in [0.29, 0.717) is 13.1 Å². The van der Waals surface area contributed by atoms with Crippen molar-refractivity contribution in [2.75, 3.05) is 36.9 Å². The maximum absolute atomic E-state index is 12.5.